The topological polar surface area (TPSA) is 40.5 Å². The van der Waals surface area contributed by atoms with Crippen LogP contribution in [-0.4, -0.2) is 17.6 Å². The van der Waals surface area contributed by atoms with Gasteiger partial charge in [-0.05, 0) is 43.7 Å². The average Bonchev–Trinajstić information content (AvgIpc) is 2.42. The normalized spacial score (nSPS) is 10.3. The molecule has 3 nitrogen and oxygen atoms in total. The maximum absolute atomic E-state index is 12.6. The van der Waals surface area contributed by atoms with Crippen molar-refractivity contribution >= 4 is 23.2 Å². The molecule has 0 bridgehead atoms. The van der Waals surface area contributed by atoms with E-state index >= 15 is 0 Å². The monoisotopic (exact) mass is 289 g/mol. The molecule has 0 radical (unpaired) electrons. The summed E-state index contributed by atoms with van der Waals surface area (Å²) in [5.74, 6) is 0.00895. The van der Waals surface area contributed by atoms with Crippen molar-refractivity contribution < 1.29 is 9.90 Å². The van der Waals surface area contributed by atoms with E-state index < -0.39 is 0 Å². The molecule has 0 aliphatic carbocycles. The summed E-state index contributed by atoms with van der Waals surface area (Å²) >= 11 is 6.07. The third kappa shape index (κ3) is 2.78. The Morgan fingerprint density at radius 3 is 2.60 bits per heavy atom. The van der Waals surface area contributed by atoms with E-state index in [1.54, 1.807) is 47.4 Å². The smallest absolute Gasteiger partial charge is 0.258 e. The SMILES string of the molecule is CCN(C(=O)c1cccc(Cl)c1C)c1cccc(O)c1. The van der Waals surface area contributed by atoms with E-state index in [-0.39, 0.29) is 11.7 Å². The van der Waals surface area contributed by atoms with E-state index in [2.05, 4.69) is 0 Å². The molecule has 2 aromatic rings. The molecule has 0 unspecified atom stereocenters. The Labute approximate surface area is 123 Å². The summed E-state index contributed by atoms with van der Waals surface area (Å²) in [5, 5.41) is 10.1. The minimum Gasteiger partial charge on any atom is -0.508 e. The molecular weight excluding hydrogens is 274 g/mol. The maximum Gasteiger partial charge on any atom is 0.258 e. The van der Waals surface area contributed by atoms with Crippen LogP contribution < -0.4 is 4.90 Å². The van der Waals surface area contributed by atoms with E-state index in [4.69, 9.17) is 11.6 Å². The summed E-state index contributed by atoms with van der Waals surface area (Å²) in [5.41, 5.74) is 2.00. The fourth-order valence-electron chi connectivity index (χ4n) is 2.09. The molecule has 0 saturated carbocycles. The number of anilines is 1. The molecule has 2 rings (SSSR count). The van der Waals surface area contributed by atoms with Crippen molar-refractivity contribution in [2.24, 2.45) is 0 Å². The van der Waals surface area contributed by atoms with Gasteiger partial charge in [0.05, 0.1) is 0 Å². The van der Waals surface area contributed by atoms with Crippen LogP contribution in [0.5, 0.6) is 5.75 Å². The lowest BCUT2D eigenvalue weighted by atomic mass is 10.1. The van der Waals surface area contributed by atoms with Gasteiger partial charge in [0.25, 0.3) is 5.91 Å². The molecule has 0 atom stereocenters. The predicted molar refractivity (Wildman–Crippen MR) is 81.6 cm³/mol. The van der Waals surface area contributed by atoms with Gasteiger partial charge in [-0.2, -0.15) is 0 Å². The quantitative estimate of drug-likeness (QED) is 0.927. The van der Waals surface area contributed by atoms with Crippen molar-refractivity contribution in [1.82, 2.24) is 0 Å². The Bertz CT molecular complexity index is 640. The number of hydrogen-bond acceptors (Lipinski definition) is 2. The molecule has 1 amide bonds. The molecule has 0 heterocycles. The molecule has 104 valence electrons. The van der Waals surface area contributed by atoms with E-state index in [9.17, 15) is 9.90 Å². The first-order chi connectivity index (χ1) is 9.54. The fraction of sp³-hybridized carbons (Fsp3) is 0.188. The van der Waals surface area contributed by atoms with Gasteiger partial charge in [0.1, 0.15) is 5.75 Å². The summed E-state index contributed by atoms with van der Waals surface area (Å²) in [6, 6.07) is 11.9. The summed E-state index contributed by atoms with van der Waals surface area (Å²) in [7, 11) is 0. The third-order valence-corrected chi connectivity index (χ3v) is 3.61. The van der Waals surface area contributed by atoms with Crippen LogP contribution in [0.15, 0.2) is 42.5 Å². The minimum absolute atomic E-state index is 0.127. The number of phenols is 1. The van der Waals surface area contributed by atoms with E-state index in [0.29, 0.717) is 22.8 Å². The molecule has 20 heavy (non-hydrogen) atoms. The van der Waals surface area contributed by atoms with Crippen molar-refractivity contribution in [2.45, 2.75) is 13.8 Å². The van der Waals surface area contributed by atoms with Crippen molar-refractivity contribution in [2.75, 3.05) is 11.4 Å². The van der Waals surface area contributed by atoms with Gasteiger partial charge in [0, 0.05) is 28.9 Å². The van der Waals surface area contributed by atoms with Crippen LogP contribution in [0.3, 0.4) is 0 Å². The number of halogens is 1. The summed E-state index contributed by atoms with van der Waals surface area (Å²) in [6.07, 6.45) is 0. The van der Waals surface area contributed by atoms with Crippen molar-refractivity contribution in [1.29, 1.82) is 0 Å². The number of aromatic hydroxyl groups is 1. The molecule has 0 aromatic heterocycles. The van der Waals surface area contributed by atoms with Crippen LogP contribution in [0.4, 0.5) is 5.69 Å². The van der Waals surface area contributed by atoms with Crippen LogP contribution in [0, 0.1) is 6.92 Å². The average molecular weight is 290 g/mol. The molecule has 0 saturated heterocycles. The minimum atomic E-state index is -0.127. The lowest BCUT2D eigenvalue weighted by Gasteiger charge is -2.22. The Kier molecular flexibility index (Phi) is 4.30. The third-order valence-electron chi connectivity index (χ3n) is 3.20. The number of phenolic OH excluding ortho intramolecular Hbond substituents is 1. The number of carbonyl (C=O) groups excluding carboxylic acids is 1. The standard InChI is InChI=1S/C16H16ClNO2/c1-3-18(12-6-4-7-13(19)10-12)16(20)14-8-5-9-15(17)11(14)2/h4-10,19H,3H2,1-2H3. The Morgan fingerprint density at radius 1 is 1.25 bits per heavy atom. The second kappa shape index (κ2) is 5.97. The van der Waals surface area contributed by atoms with Crippen LogP contribution >= 0.6 is 11.6 Å². The van der Waals surface area contributed by atoms with Gasteiger partial charge < -0.3 is 10.0 Å². The number of carbonyl (C=O) groups is 1. The summed E-state index contributed by atoms with van der Waals surface area (Å²) in [4.78, 5) is 14.3. The van der Waals surface area contributed by atoms with Gasteiger partial charge in [0.2, 0.25) is 0 Å². The van der Waals surface area contributed by atoms with E-state index in [1.807, 2.05) is 13.8 Å². The number of benzene rings is 2. The highest BCUT2D eigenvalue weighted by atomic mass is 35.5. The van der Waals surface area contributed by atoms with Gasteiger partial charge in [-0.1, -0.05) is 23.7 Å². The number of nitrogens with zero attached hydrogens (tertiary/aromatic N) is 1. The zero-order valence-electron chi connectivity index (χ0n) is 11.4. The lowest BCUT2D eigenvalue weighted by Crippen LogP contribution is -2.31. The summed E-state index contributed by atoms with van der Waals surface area (Å²) in [6.45, 7) is 4.22. The first-order valence-corrected chi connectivity index (χ1v) is 6.78. The van der Waals surface area contributed by atoms with Gasteiger partial charge in [-0.3, -0.25) is 4.79 Å². The number of amides is 1. The van der Waals surface area contributed by atoms with Crippen LogP contribution in [-0.2, 0) is 0 Å². The van der Waals surface area contributed by atoms with Gasteiger partial charge in [0.15, 0.2) is 0 Å². The van der Waals surface area contributed by atoms with Gasteiger partial charge in [-0.15, -0.1) is 0 Å². The Morgan fingerprint density at radius 2 is 1.95 bits per heavy atom. The van der Waals surface area contributed by atoms with Gasteiger partial charge in [-0.25, -0.2) is 0 Å². The Balaban J connectivity index is 2.42. The molecule has 0 aliphatic heterocycles. The predicted octanol–water partition coefficient (Wildman–Crippen LogP) is 4.02. The lowest BCUT2D eigenvalue weighted by molar-refractivity contribution is 0.0987. The molecular formula is C16H16ClNO2. The number of rotatable bonds is 3. The molecule has 2 aromatic carbocycles. The van der Waals surface area contributed by atoms with Gasteiger partial charge >= 0.3 is 0 Å². The largest absolute Gasteiger partial charge is 0.508 e. The summed E-state index contributed by atoms with van der Waals surface area (Å²) < 4.78 is 0. The molecule has 4 heteroatoms. The molecule has 0 aliphatic rings. The molecule has 1 N–H and O–H groups in total. The van der Waals surface area contributed by atoms with E-state index in [1.165, 1.54) is 0 Å². The van der Waals surface area contributed by atoms with Crippen LogP contribution in [0.2, 0.25) is 5.02 Å². The first kappa shape index (κ1) is 14.4. The highest BCUT2D eigenvalue weighted by Crippen LogP contribution is 2.25. The maximum atomic E-state index is 12.6. The van der Waals surface area contributed by atoms with Crippen molar-refractivity contribution in [3.8, 4) is 5.75 Å². The van der Waals surface area contributed by atoms with E-state index in [0.717, 1.165) is 5.56 Å². The van der Waals surface area contributed by atoms with Crippen LogP contribution in [0.1, 0.15) is 22.8 Å². The second-order valence-corrected chi connectivity index (χ2v) is 4.89. The number of hydrogen-bond donors (Lipinski definition) is 1. The Hall–Kier alpha value is -2.00. The fourth-order valence-corrected chi connectivity index (χ4v) is 2.26. The zero-order valence-corrected chi connectivity index (χ0v) is 12.2. The first-order valence-electron chi connectivity index (χ1n) is 6.40. The zero-order chi connectivity index (χ0) is 14.7. The second-order valence-electron chi connectivity index (χ2n) is 4.48. The van der Waals surface area contributed by atoms with Crippen LogP contribution in [0.25, 0.3) is 0 Å². The molecule has 0 spiro atoms. The molecule has 0 fully saturated rings. The highest BCUT2D eigenvalue weighted by Gasteiger charge is 2.19. The van der Waals surface area contributed by atoms with Crippen molar-refractivity contribution in [3.63, 3.8) is 0 Å². The highest BCUT2D eigenvalue weighted by molar-refractivity contribution is 6.32. The van der Waals surface area contributed by atoms with Crippen molar-refractivity contribution in [3.05, 3.63) is 58.6 Å².